The molecule has 4 unspecified atom stereocenters. The molecule has 0 aromatic heterocycles. The van der Waals surface area contributed by atoms with Crippen molar-refractivity contribution in [2.24, 2.45) is 23.7 Å². The zero-order valence-electron chi connectivity index (χ0n) is 23.8. The standard InChI is InChI=1S/C29H48O.C4H6O2/c1-6-8-9-10-24-11-13-25(14-12-24)15-16-26-17-18-29(27(7-2)22-26)28(19-20-30-5)21-23(3)4;1-4(2-5)3-6/h11-14,26-29H,3,6-10,15-22H2,1-2,4-5H3;2,6H,1,3H2. The second-order valence-corrected chi connectivity index (χ2v) is 11.0. The number of benzene rings is 1. The fourth-order valence-electron chi connectivity index (χ4n) is 5.78. The number of carbonyl (C=O) groups is 1. The summed E-state index contributed by atoms with van der Waals surface area (Å²) in [6.45, 7) is 14.9. The summed E-state index contributed by atoms with van der Waals surface area (Å²) in [7, 11) is 1.84. The van der Waals surface area contributed by atoms with E-state index in [1.807, 2.05) is 7.11 Å². The van der Waals surface area contributed by atoms with Crippen LogP contribution in [0.25, 0.3) is 0 Å². The Balaban J connectivity index is 0.000000960. The summed E-state index contributed by atoms with van der Waals surface area (Å²) in [5.74, 6) is 3.41. The maximum Gasteiger partial charge on any atom is 0.147 e. The predicted octanol–water partition coefficient (Wildman–Crippen LogP) is 8.15. The molecule has 1 aromatic rings. The van der Waals surface area contributed by atoms with Gasteiger partial charge in [-0.2, -0.15) is 0 Å². The van der Waals surface area contributed by atoms with Gasteiger partial charge in [0.2, 0.25) is 0 Å². The summed E-state index contributed by atoms with van der Waals surface area (Å²) in [5.41, 5.74) is 4.60. The summed E-state index contributed by atoms with van der Waals surface area (Å²) in [6, 6.07) is 9.51. The first-order valence-electron chi connectivity index (χ1n) is 14.3. The van der Waals surface area contributed by atoms with Crippen molar-refractivity contribution < 1.29 is 14.6 Å². The van der Waals surface area contributed by atoms with E-state index >= 15 is 0 Å². The van der Waals surface area contributed by atoms with Crippen molar-refractivity contribution in [3.05, 3.63) is 59.7 Å². The Labute approximate surface area is 222 Å². The molecule has 1 saturated carbocycles. The Morgan fingerprint density at radius 1 is 1.11 bits per heavy atom. The molecule has 4 atom stereocenters. The summed E-state index contributed by atoms with van der Waals surface area (Å²) in [6.07, 6.45) is 16.3. The monoisotopic (exact) mass is 498 g/mol. The van der Waals surface area contributed by atoms with Crippen LogP contribution in [0, 0.1) is 23.7 Å². The van der Waals surface area contributed by atoms with Gasteiger partial charge in [-0.15, -0.1) is 6.58 Å². The number of unbranched alkanes of at least 4 members (excludes halogenated alkanes) is 2. The number of rotatable bonds is 16. The number of allylic oxidation sites excluding steroid dienone is 1. The van der Waals surface area contributed by atoms with E-state index < -0.39 is 0 Å². The first-order chi connectivity index (χ1) is 17.4. The molecular formula is C33H54O3. The third-order valence-corrected chi connectivity index (χ3v) is 7.89. The zero-order chi connectivity index (χ0) is 26.8. The van der Waals surface area contributed by atoms with Crippen LogP contribution in [0.4, 0.5) is 0 Å². The average Bonchev–Trinajstić information content (AvgIpc) is 2.90. The average molecular weight is 499 g/mol. The molecule has 0 radical (unpaired) electrons. The Morgan fingerprint density at radius 3 is 2.28 bits per heavy atom. The first kappa shape index (κ1) is 32.3. The SMILES string of the molecule is C=C(C)CC(CCOC)C1CCC(CCc2ccc(CCCCC)cc2)CC1CC.C=C(C=O)CO. The van der Waals surface area contributed by atoms with Crippen LogP contribution in [0.2, 0.25) is 0 Å². The van der Waals surface area contributed by atoms with E-state index in [1.54, 1.807) is 0 Å². The molecule has 0 amide bonds. The van der Waals surface area contributed by atoms with E-state index in [1.165, 1.54) is 93.7 Å². The minimum atomic E-state index is -0.233. The van der Waals surface area contributed by atoms with Gasteiger partial charge < -0.3 is 9.84 Å². The van der Waals surface area contributed by atoms with E-state index in [0.29, 0.717) is 6.29 Å². The number of hydrogen-bond donors (Lipinski definition) is 1. The van der Waals surface area contributed by atoms with Crippen LogP contribution in [0.3, 0.4) is 0 Å². The molecule has 0 heterocycles. The van der Waals surface area contributed by atoms with Gasteiger partial charge in [0.15, 0.2) is 0 Å². The summed E-state index contributed by atoms with van der Waals surface area (Å²) in [4.78, 5) is 9.48. The summed E-state index contributed by atoms with van der Waals surface area (Å²) in [5, 5.41) is 8.00. The van der Waals surface area contributed by atoms with Crippen LogP contribution in [0.15, 0.2) is 48.6 Å². The highest BCUT2D eigenvalue weighted by atomic mass is 16.5. The lowest BCUT2D eigenvalue weighted by molar-refractivity contribution is -0.105. The van der Waals surface area contributed by atoms with Crippen LogP contribution in [-0.2, 0) is 22.4 Å². The second-order valence-electron chi connectivity index (χ2n) is 11.0. The Kier molecular flexibility index (Phi) is 17.4. The molecule has 1 aliphatic carbocycles. The topological polar surface area (TPSA) is 46.5 Å². The minimum absolute atomic E-state index is 0.218. The van der Waals surface area contributed by atoms with Crippen molar-refractivity contribution >= 4 is 6.29 Å². The smallest absolute Gasteiger partial charge is 0.147 e. The predicted molar refractivity (Wildman–Crippen MR) is 154 cm³/mol. The Hall–Kier alpha value is -1.71. The molecule has 0 spiro atoms. The van der Waals surface area contributed by atoms with E-state index in [-0.39, 0.29) is 12.2 Å². The van der Waals surface area contributed by atoms with Crippen molar-refractivity contribution in [2.45, 2.75) is 97.8 Å². The number of aliphatic hydroxyl groups excluding tert-OH is 1. The lowest BCUT2D eigenvalue weighted by Gasteiger charge is -2.40. The largest absolute Gasteiger partial charge is 0.392 e. The number of carbonyl (C=O) groups excluding carboxylic acids is 1. The highest BCUT2D eigenvalue weighted by molar-refractivity contribution is 5.72. The van der Waals surface area contributed by atoms with Crippen molar-refractivity contribution in [3.8, 4) is 0 Å². The molecule has 1 N–H and O–H groups in total. The Morgan fingerprint density at radius 2 is 1.78 bits per heavy atom. The van der Waals surface area contributed by atoms with Crippen molar-refractivity contribution in [3.63, 3.8) is 0 Å². The maximum atomic E-state index is 9.48. The van der Waals surface area contributed by atoms with E-state index in [4.69, 9.17) is 9.84 Å². The van der Waals surface area contributed by atoms with Gasteiger partial charge >= 0.3 is 0 Å². The van der Waals surface area contributed by atoms with Gasteiger partial charge in [-0.05, 0) is 93.1 Å². The number of aliphatic hydroxyl groups is 1. The van der Waals surface area contributed by atoms with Gasteiger partial charge in [0, 0.05) is 19.3 Å². The number of aryl methyl sites for hydroxylation is 2. The first-order valence-corrected chi connectivity index (χ1v) is 14.3. The molecule has 3 nitrogen and oxygen atoms in total. The minimum Gasteiger partial charge on any atom is -0.392 e. The van der Waals surface area contributed by atoms with E-state index in [9.17, 15) is 4.79 Å². The zero-order valence-corrected chi connectivity index (χ0v) is 23.8. The van der Waals surface area contributed by atoms with Gasteiger partial charge in [0.1, 0.15) is 6.29 Å². The summed E-state index contributed by atoms with van der Waals surface area (Å²) < 4.78 is 5.43. The van der Waals surface area contributed by atoms with Crippen LogP contribution < -0.4 is 0 Å². The van der Waals surface area contributed by atoms with Crippen LogP contribution in [0.1, 0.15) is 96.1 Å². The molecule has 36 heavy (non-hydrogen) atoms. The van der Waals surface area contributed by atoms with E-state index in [0.717, 1.165) is 30.3 Å². The third kappa shape index (κ3) is 13.0. The van der Waals surface area contributed by atoms with Gasteiger partial charge in [-0.1, -0.05) is 75.9 Å². The van der Waals surface area contributed by atoms with Gasteiger partial charge in [-0.3, -0.25) is 4.79 Å². The molecule has 1 fully saturated rings. The second kappa shape index (κ2) is 19.4. The quantitative estimate of drug-likeness (QED) is 0.108. The normalized spacial score (nSPS) is 20.2. The highest BCUT2D eigenvalue weighted by Gasteiger charge is 2.34. The van der Waals surface area contributed by atoms with Crippen LogP contribution in [-0.4, -0.2) is 31.7 Å². The van der Waals surface area contributed by atoms with Crippen LogP contribution in [0.5, 0.6) is 0 Å². The van der Waals surface area contributed by atoms with Crippen molar-refractivity contribution in [2.75, 3.05) is 20.3 Å². The Bertz CT molecular complexity index is 736. The maximum absolute atomic E-state index is 9.48. The molecule has 1 aromatic carbocycles. The van der Waals surface area contributed by atoms with Gasteiger partial charge in [0.05, 0.1) is 6.61 Å². The molecule has 1 aliphatic rings. The molecule has 0 saturated heterocycles. The number of ether oxygens (including phenoxy) is 1. The molecule has 204 valence electrons. The number of hydrogen-bond acceptors (Lipinski definition) is 3. The number of methoxy groups -OCH3 is 1. The van der Waals surface area contributed by atoms with Crippen molar-refractivity contribution in [1.82, 2.24) is 0 Å². The molecule has 2 rings (SSSR count). The number of aldehydes is 1. The fourth-order valence-corrected chi connectivity index (χ4v) is 5.78. The lowest BCUT2D eigenvalue weighted by atomic mass is 9.65. The molecular weight excluding hydrogens is 444 g/mol. The lowest BCUT2D eigenvalue weighted by Crippen LogP contribution is -2.31. The summed E-state index contributed by atoms with van der Waals surface area (Å²) >= 11 is 0. The molecule has 0 bridgehead atoms. The molecule has 0 aliphatic heterocycles. The van der Waals surface area contributed by atoms with Gasteiger partial charge in [-0.25, -0.2) is 0 Å². The van der Waals surface area contributed by atoms with Crippen LogP contribution >= 0.6 is 0 Å². The fraction of sp³-hybridized carbons (Fsp3) is 0.667. The van der Waals surface area contributed by atoms with Crippen molar-refractivity contribution in [1.29, 1.82) is 0 Å². The molecule has 3 heteroatoms. The van der Waals surface area contributed by atoms with Gasteiger partial charge in [0.25, 0.3) is 0 Å². The highest BCUT2D eigenvalue weighted by Crippen LogP contribution is 2.44. The van der Waals surface area contributed by atoms with E-state index in [2.05, 4.69) is 58.2 Å². The third-order valence-electron chi connectivity index (χ3n) is 7.89.